The van der Waals surface area contributed by atoms with Crippen molar-refractivity contribution in [2.75, 3.05) is 6.54 Å². The standard InChI is InChI=1S/C15H18BrNOS/c1-3-17-11(2)14-6-4-5-7-15(14)18-9-13-8-12(16)10-19-13/h4-8,10-11,17H,3,9H2,1-2H3. The zero-order valence-electron chi connectivity index (χ0n) is 11.2. The number of ether oxygens (including phenoxy) is 1. The molecule has 0 amide bonds. The van der Waals surface area contributed by atoms with E-state index in [1.807, 2.05) is 12.1 Å². The molecule has 0 aliphatic heterocycles. The SMILES string of the molecule is CCNC(C)c1ccccc1OCc1cc(Br)cs1. The van der Waals surface area contributed by atoms with Gasteiger partial charge in [0, 0.05) is 26.3 Å². The van der Waals surface area contributed by atoms with Gasteiger partial charge in [-0.1, -0.05) is 25.1 Å². The molecule has 19 heavy (non-hydrogen) atoms. The Morgan fingerprint density at radius 3 is 2.84 bits per heavy atom. The van der Waals surface area contributed by atoms with E-state index in [9.17, 15) is 0 Å². The number of halogens is 1. The van der Waals surface area contributed by atoms with Crippen molar-refractivity contribution in [3.8, 4) is 5.75 Å². The molecule has 0 aliphatic rings. The summed E-state index contributed by atoms with van der Waals surface area (Å²) in [7, 11) is 0. The summed E-state index contributed by atoms with van der Waals surface area (Å²) in [4.78, 5) is 1.22. The Balaban J connectivity index is 2.07. The number of nitrogens with one attached hydrogen (secondary N) is 1. The van der Waals surface area contributed by atoms with Crippen molar-refractivity contribution in [1.29, 1.82) is 0 Å². The average Bonchev–Trinajstić information content (AvgIpc) is 2.83. The van der Waals surface area contributed by atoms with Crippen LogP contribution in [0.3, 0.4) is 0 Å². The molecule has 2 aromatic rings. The minimum Gasteiger partial charge on any atom is -0.488 e. The molecule has 0 aliphatic carbocycles. The summed E-state index contributed by atoms with van der Waals surface area (Å²) in [6.07, 6.45) is 0. The van der Waals surface area contributed by atoms with Gasteiger partial charge in [-0.15, -0.1) is 11.3 Å². The van der Waals surface area contributed by atoms with Crippen LogP contribution in [0.1, 0.15) is 30.3 Å². The largest absolute Gasteiger partial charge is 0.488 e. The van der Waals surface area contributed by atoms with E-state index >= 15 is 0 Å². The molecule has 1 atom stereocenters. The van der Waals surface area contributed by atoms with E-state index in [4.69, 9.17) is 4.74 Å². The quantitative estimate of drug-likeness (QED) is 0.819. The highest BCUT2D eigenvalue weighted by molar-refractivity contribution is 9.10. The maximum Gasteiger partial charge on any atom is 0.124 e. The van der Waals surface area contributed by atoms with Crippen molar-refractivity contribution in [2.24, 2.45) is 0 Å². The molecule has 0 spiro atoms. The van der Waals surface area contributed by atoms with Crippen molar-refractivity contribution in [3.63, 3.8) is 0 Å². The second-order valence-electron chi connectivity index (χ2n) is 4.34. The third-order valence-corrected chi connectivity index (χ3v) is 4.56. The van der Waals surface area contributed by atoms with Crippen LogP contribution in [0.15, 0.2) is 40.2 Å². The first-order valence-electron chi connectivity index (χ1n) is 6.38. The zero-order chi connectivity index (χ0) is 13.7. The summed E-state index contributed by atoms with van der Waals surface area (Å²) in [5.74, 6) is 0.959. The molecular weight excluding hydrogens is 322 g/mol. The van der Waals surface area contributed by atoms with Gasteiger partial charge in [0.2, 0.25) is 0 Å². The Hall–Kier alpha value is -0.840. The van der Waals surface area contributed by atoms with Crippen molar-refractivity contribution in [3.05, 3.63) is 50.6 Å². The number of rotatable bonds is 6. The fraction of sp³-hybridized carbons (Fsp3) is 0.333. The Morgan fingerprint density at radius 1 is 1.37 bits per heavy atom. The highest BCUT2D eigenvalue weighted by atomic mass is 79.9. The lowest BCUT2D eigenvalue weighted by atomic mass is 10.1. The Labute approximate surface area is 126 Å². The first-order valence-corrected chi connectivity index (χ1v) is 8.06. The van der Waals surface area contributed by atoms with Gasteiger partial charge >= 0.3 is 0 Å². The normalized spacial score (nSPS) is 12.4. The van der Waals surface area contributed by atoms with Crippen molar-refractivity contribution < 1.29 is 4.74 Å². The summed E-state index contributed by atoms with van der Waals surface area (Å²) in [6.45, 7) is 5.84. The van der Waals surface area contributed by atoms with E-state index in [0.29, 0.717) is 12.6 Å². The van der Waals surface area contributed by atoms with E-state index in [2.05, 4.69) is 58.7 Å². The second kappa shape index (κ2) is 7.08. The van der Waals surface area contributed by atoms with Gasteiger partial charge in [0.25, 0.3) is 0 Å². The number of hydrogen-bond acceptors (Lipinski definition) is 3. The average molecular weight is 340 g/mol. The van der Waals surface area contributed by atoms with Crippen LogP contribution >= 0.6 is 27.3 Å². The maximum atomic E-state index is 5.95. The molecule has 0 fully saturated rings. The minimum absolute atomic E-state index is 0.302. The number of benzene rings is 1. The fourth-order valence-electron chi connectivity index (χ4n) is 1.96. The van der Waals surface area contributed by atoms with E-state index in [0.717, 1.165) is 16.8 Å². The first kappa shape index (κ1) is 14.6. The van der Waals surface area contributed by atoms with Crippen LogP contribution in [-0.2, 0) is 6.61 Å². The Morgan fingerprint density at radius 2 is 2.16 bits per heavy atom. The topological polar surface area (TPSA) is 21.3 Å². The smallest absolute Gasteiger partial charge is 0.124 e. The van der Waals surface area contributed by atoms with Crippen LogP contribution in [0.25, 0.3) is 0 Å². The number of thiophene rings is 1. The lowest BCUT2D eigenvalue weighted by Crippen LogP contribution is -2.18. The van der Waals surface area contributed by atoms with E-state index < -0.39 is 0 Å². The molecule has 2 nitrogen and oxygen atoms in total. The molecule has 102 valence electrons. The number of para-hydroxylation sites is 1. The molecular formula is C15H18BrNOS. The van der Waals surface area contributed by atoms with Gasteiger partial charge in [0.1, 0.15) is 12.4 Å². The minimum atomic E-state index is 0.302. The molecule has 0 saturated heterocycles. The molecule has 1 unspecified atom stereocenters. The molecule has 1 heterocycles. The predicted molar refractivity (Wildman–Crippen MR) is 84.9 cm³/mol. The lowest BCUT2D eigenvalue weighted by Gasteiger charge is -2.17. The van der Waals surface area contributed by atoms with Crippen LogP contribution in [0.4, 0.5) is 0 Å². The van der Waals surface area contributed by atoms with Crippen LogP contribution in [-0.4, -0.2) is 6.54 Å². The molecule has 0 radical (unpaired) electrons. The number of hydrogen-bond donors (Lipinski definition) is 1. The molecule has 2 rings (SSSR count). The summed E-state index contributed by atoms with van der Waals surface area (Å²) < 4.78 is 7.07. The highest BCUT2D eigenvalue weighted by Gasteiger charge is 2.10. The lowest BCUT2D eigenvalue weighted by molar-refractivity contribution is 0.303. The predicted octanol–water partition coefficient (Wildman–Crippen LogP) is 4.76. The molecule has 1 aromatic heterocycles. The maximum absolute atomic E-state index is 5.95. The van der Waals surface area contributed by atoms with E-state index in [1.54, 1.807) is 11.3 Å². The van der Waals surface area contributed by atoms with Gasteiger partial charge in [-0.2, -0.15) is 0 Å². The van der Waals surface area contributed by atoms with Gasteiger partial charge < -0.3 is 10.1 Å². The van der Waals surface area contributed by atoms with Crippen LogP contribution < -0.4 is 10.1 Å². The van der Waals surface area contributed by atoms with E-state index in [-0.39, 0.29) is 0 Å². The summed E-state index contributed by atoms with van der Waals surface area (Å²) in [5.41, 5.74) is 1.21. The van der Waals surface area contributed by atoms with Crippen molar-refractivity contribution in [1.82, 2.24) is 5.32 Å². The van der Waals surface area contributed by atoms with Gasteiger partial charge in [-0.25, -0.2) is 0 Å². The molecule has 1 aromatic carbocycles. The second-order valence-corrected chi connectivity index (χ2v) is 6.25. The van der Waals surface area contributed by atoms with Crippen molar-refractivity contribution in [2.45, 2.75) is 26.5 Å². The zero-order valence-corrected chi connectivity index (χ0v) is 13.6. The van der Waals surface area contributed by atoms with Gasteiger partial charge in [-0.05, 0) is 41.5 Å². The monoisotopic (exact) mass is 339 g/mol. The van der Waals surface area contributed by atoms with Gasteiger partial charge in [-0.3, -0.25) is 0 Å². The Kier molecular flexibility index (Phi) is 5.43. The third-order valence-electron chi connectivity index (χ3n) is 2.89. The van der Waals surface area contributed by atoms with E-state index in [1.165, 1.54) is 10.4 Å². The first-order chi connectivity index (χ1) is 9.20. The molecule has 0 bridgehead atoms. The molecule has 0 saturated carbocycles. The summed E-state index contributed by atoms with van der Waals surface area (Å²) in [5, 5.41) is 5.49. The van der Waals surface area contributed by atoms with Crippen LogP contribution in [0.2, 0.25) is 0 Å². The van der Waals surface area contributed by atoms with Crippen LogP contribution in [0.5, 0.6) is 5.75 Å². The highest BCUT2D eigenvalue weighted by Crippen LogP contribution is 2.27. The summed E-state index contributed by atoms with van der Waals surface area (Å²) in [6, 6.07) is 10.6. The van der Waals surface area contributed by atoms with Gasteiger partial charge in [0.05, 0.1) is 0 Å². The van der Waals surface area contributed by atoms with Gasteiger partial charge in [0.15, 0.2) is 0 Å². The molecule has 1 N–H and O–H groups in total. The third kappa shape index (κ3) is 4.06. The molecule has 4 heteroatoms. The Bertz CT molecular complexity index is 526. The fourth-order valence-corrected chi connectivity index (χ4v) is 3.33. The van der Waals surface area contributed by atoms with Crippen LogP contribution in [0, 0.1) is 0 Å². The van der Waals surface area contributed by atoms with Crippen molar-refractivity contribution >= 4 is 27.3 Å². The summed E-state index contributed by atoms with van der Waals surface area (Å²) >= 11 is 5.17.